The summed E-state index contributed by atoms with van der Waals surface area (Å²) >= 11 is 0. The Kier molecular flexibility index (Phi) is 15.0. The van der Waals surface area contributed by atoms with E-state index in [0.29, 0.717) is 0 Å². The van der Waals surface area contributed by atoms with Crippen molar-refractivity contribution in [3.8, 4) is 0 Å². The van der Waals surface area contributed by atoms with Gasteiger partial charge in [-0.05, 0) is 0 Å². The molecule has 0 bridgehead atoms. The first-order valence-electron chi connectivity index (χ1n) is 4.62. The SMILES string of the molecule is CCCC[Si-](C)CCCC.[Na+]. The van der Waals surface area contributed by atoms with Gasteiger partial charge < -0.3 is 0 Å². The normalized spacial score (nSPS) is 9.82. The van der Waals surface area contributed by atoms with Gasteiger partial charge in [0, 0.05) is 0 Å². The first-order valence-corrected chi connectivity index (χ1v) is 7.04. The Labute approximate surface area is 96.0 Å². The molecule has 0 aliphatic heterocycles. The Morgan fingerprint density at radius 1 is 0.909 bits per heavy atom. The van der Waals surface area contributed by atoms with Crippen molar-refractivity contribution in [2.45, 2.75) is 58.2 Å². The van der Waals surface area contributed by atoms with Crippen molar-refractivity contribution in [3.63, 3.8) is 0 Å². The Bertz CT molecular complexity index is 58.6. The van der Waals surface area contributed by atoms with Crippen molar-refractivity contribution in [2.24, 2.45) is 0 Å². The molecular weight excluding hydrogens is 159 g/mol. The van der Waals surface area contributed by atoms with Crippen LogP contribution in [-0.4, -0.2) is 8.80 Å². The van der Waals surface area contributed by atoms with Gasteiger partial charge in [-0.1, -0.05) is 39.5 Å². The van der Waals surface area contributed by atoms with E-state index in [-0.39, 0.29) is 38.4 Å². The largest absolute Gasteiger partial charge is 1.00 e. The summed E-state index contributed by atoms with van der Waals surface area (Å²) in [4.78, 5) is 0. The smallest absolute Gasteiger partial charge is 0.263 e. The zero-order valence-electron chi connectivity index (χ0n) is 8.74. The summed E-state index contributed by atoms with van der Waals surface area (Å²) in [7, 11) is 0.0851. The van der Waals surface area contributed by atoms with E-state index in [2.05, 4.69) is 20.4 Å². The van der Waals surface area contributed by atoms with Gasteiger partial charge in [-0.25, -0.2) is 0 Å². The third-order valence-electron chi connectivity index (χ3n) is 1.91. The van der Waals surface area contributed by atoms with Crippen LogP contribution in [0, 0.1) is 0 Å². The van der Waals surface area contributed by atoms with Crippen molar-refractivity contribution >= 4 is 8.80 Å². The second-order valence-electron chi connectivity index (χ2n) is 3.16. The predicted octanol–water partition coefficient (Wildman–Crippen LogP) is 0.715. The number of hydrogen-bond donors (Lipinski definition) is 0. The summed E-state index contributed by atoms with van der Waals surface area (Å²) in [5, 5.41) is 0. The summed E-state index contributed by atoms with van der Waals surface area (Å²) in [6.45, 7) is 7.06. The van der Waals surface area contributed by atoms with Crippen LogP contribution in [0.2, 0.25) is 18.6 Å². The summed E-state index contributed by atoms with van der Waals surface area (Å²) in [5.74, 6) is 0. The van der Waals surface area contributed by atoms with E-state index in [1.807, 2.05) is 0 Å². The zero-order valence-corrected chi connectivity index (χ0v) is 11.7. The maximum absolute atomic E-state index is 2.48. The summed E-state index contributed by atoms with van der Waals surface area (Å²) < 4.78 is 0. The summed E-state index contributed by atoms with van der Waals surface area (Å²) in [6.07, 6.45) is 5.70. The fraction of sp³-hybridized carbons (Fsp3) is 1.00. The average molecular weight is 180 g/mol. The second-order valence-corrected chi connectivity index (χ2v) is 6.08. The van der Waals surface area contributed by atoms with Crippen LogP contribution in [0.15, 0.2) is 0 Å². The average Bonchev–Trinajstić information content (AvgIpc) is 1.97. The molecular formula is C9H21NaSi. The first kappa shape index (κ1) is 14.7. The van der Waals surface area contributed by atoms with Crippen LogP contribution in [0.5, 0.6) is 0 Å². The molecule has 0 N–H and O–H groups in total. The molecule has 2 heteroatoms. The topological polar surface area (TPSA) is 0 Å². The Morgan fingerprint density at radius 2 is 1.27 bits per heavy atom. The second kappa shape index (κ2) is 11.2. The Morgan fingerprint density at radius 3 is 1.55 bits per heavy atom. The molecule has 0 radical (unpaired) electrons. The fourth-order valence-electron chi connectivity index (χ4n) is 1.08. The molecule has 0 unspecified atom stereocenters. The molecule has 0 aromatic carbocycles. The zero-order chi connectivity index (χ0) is 7.82. The molecule has 0 amide bonds. The van der Waals surface area contributed by atoms with Gasteiger partial charge in [0.2, 0.25) is 0 Å². The van der Waals surface area contributed by atoms with E-state index in [1.54, 1.807) is 12.1 Å². The van der Waals surface area contributed by atoms with E-state index in [1.165, 1.54) is 25.7 Å². The molecule has 0 spiro atoms. The van der Waals surface area contributed by atoms with E-state index < -0.39 is 0 Å². The minimum Gasteiger partial charge on any atom is -0.263 e. The maximum atomic E-state index is 2.48. The van der Waals surface area contributed by atoms with E-state index in [4.69, 9.17) is 0 Å². The number of unbranched alkanes of at least 4 members (excludes halogenated alkanes) is 2. The molecule has 0 atom stereocenters. The molecule has 0 aromatic rings. The minimum atomic E-state index is 0. The third-order valence-corrected chi connectivity index (χ3v) is 4.33. The quantitative estimate of drug-likeness (QED) is 0.528. The molecule has 0 saturated heterocycles. The van der Waals surface area contributed by atoms with E-state index in [0.717, 1.165) is 0 Å². The van der Waals surface area contributed by atoms with E-state index >= 15 is 0 Å². The fourth-order valence-corrected chi connectivity index (χ4v) is 3.25. The van der Waals surface area contributed by atoms with Crippen LogP contribution in [0.1, 0.15) is 39.5 Å². The summed E-state index contributed by atoms with van der Waals surface area (Å²) in [5.41, 5.74) is 0. The molecule has 0 nitrogen and oxygen atoms in total. The maximum Gasteiger partial charge on any atom is 1.00 e. The van der Waals surface area contributed by atoms with Gasteiger partial charge in [0.15, 0.2) is 0 Å². The van der Waals surface area contributed by atoms with Crippen molar-refractivity contribution in [3.05, 3.63) is 0 Å². The molecule has 0 aromatic heterocycles. The molecule has 0 saturated carbocycles. The molecule has 0 rings (SSSR count). The number of hydrogen-bond acceptors (Lipinski definition) is 0. The van der Waals surface area contributed by atoms with Crippen LogP contribution in [-0.2, 0) is 0 Å². The third kappa shape index (κ3) is 11.2. The number of rotatable bonds is 6. The van der Waals surface area contributed by atoms with Crippen molar-refractivity contribution in [2.75, 3.05) is 0 Å². The molecule has 0 aliphatic carbocycles. The van der Waals surface area contributed by atoms with Gasteiger partial charge in [-0.15, -0.1) is 0 Å². The molecule has 0 heterocycles. The predicted molar refractivity (Wildman–Crippen MR) is 51.0 cm³/mol. The van der Waals surface area contributed by atoms with Gasteiger partial charge in [0.1, 0.15) is 0 Å². The van der Waals surface area contributed by atoms with E-state index in [9.17, 15) is 0 Å². The van der Waals surface area contributed by atoms with Gasteiger partial charge in [-0.3, -0.25) is 8.80 Å². The van der Waals surface area contributed by atoms with Gasteiger partial charge in [-0.2, -0.15) is 18.6 Å². The summed E-state index contributed by atoms with van der Waals surface area (Å²) in [6, 6.07) is 3.09. The Balaban J connectivity index is 0. The standard InChI is InChI=1S/C9H21Si.Na/c1-4-6-8-10(3)9-7-5-2;/h4-9H2,1-3H3;/q-1;+1. The van der Waals surface area contributed by atoms with Crippen molar-refractivity contribution < 1.29 is 29.6 Å². The minimum absolute atomic E-state index is 0. The van der Waals surface area contributed by atoms with Crippen LogP contribution in [0.3, 0.4) is 0 Å². The molecule has 11 heavy (non-hydrogen) atoms. The van der Waals surface area contributed by atoms with Crippen LogP contribution >= 0.6 is 0 Å². The Hall–Kier alpha value is 1.22. The van der Waals surface area contributed by atoms with Gasteiger partial charge in [0.05, 0.1) is 0 Å². The first-order chi connectivity index (χ1) is 4.81. The molecule has 0 fully saturated rings. The van der Waals surface area contributed by atoms with Gasteiger partial charge in [0.25, 0.3) is 0 Å². The van der Waals surface area contributed by atoms with Crippen molar-refractivity contribution in [1.82, 2.24) is 0 Å². The van der Waals surface area contributed by atoms with Crippen LogP contribution in [0.4, 0.5) is 0 Å². The molecule has 62 valence electrons. The molecule has 0 aliphatic rings. The van der Waals surface area contributed by atoms with Crippen molar-refractivity contribution in [1.29, 1.82) is 0 Å². The van der Waals surface area contributed by atoms with Gasteiger partial charge >= 0.3 is 29.6 Å². The monoisotopic (exact) mass is 180 g/mol. The van der Waals surface area contributed by atoms with Crippen LogP contribution in [0.25, 0.3) is 0 Å². The van der Waals surface area contributed by atoms with Crippen LogP contribution < -0.4 is 29.6 Å².